The Bertz CT molecular complexity index is 1100. The van der Waals surface area contributed by atoms with Crippen molar-refractivity contribution >= 4 is 21.6 Å². The molecule has 1 atom stereocenters. The molecule has 1 amide bonds. The highest BCUT2D eigenvalue weighted by Gasteiger charge is 2.25. The van der Waals surface area contributed by atoms with Gasteiger partial charge < -0.3 is 10.1 Å². The molecule has 6 nitrogen and oxygen atoms in total. The largest absolute Gasteiger partial charge is 0.455 e. The number of benzene rings is 3. The summed E-state index contributed by atoms with van der Waals surface area (Å²) in [5, 5.41) is 2.94. The summed E-state index contributed by atoms with van der Waals surface area (Å²) in [5.41, 5.74) is 1.27. The molecular formula is C24H26N2O4S. The number of anilines is 1. The average Bonchev–Trinajstić information content (AvgIpc) is 2.77. The van der Waals surface area contributed by atoms with Crippen molar-refractivity contribution in [3.63, 3.8) is 0 Å². The van der Waals surface area contributed by atoms with Gasteiger partial charge in [-0.05, 0) is 36.2 Å². The molecule has 0 aliphatic heterocycles. The zero-order valence-corrected chi connectivity index (χ0v) is 18.4. The number of nitrogens with zero attached hydrogens (tertiary/aromatic N) is 1. The van der Waals surface area contributed by atoms with Crippen LogP contribution in [-0.2, 0) is 14.8 Å². The molecule has 0 spiro atoms. The van der Waals surface area contributed by atoms with Crippen LogP contribution in [-0.4, -0.2) is 27.1 Å². The van der Waals surface area contributed by atoms with Gasteiger partial charge in [-0.3, -0.25) is 9.10 Å². The Kier molecular flexibility index (Phi) is 7.31. The third kappa shape index (κ3) is 6.08. The lowest BCUT2D eigenvalue weighted by Crippen LogP contribution is -2.41. The second-order valence-corrected chi connectivity index (χ2v) is 9.00. The predicted octanol–water partition coefficient (Wildman–Crippen LogP) is 4.51. The van der Waals surface area contributed by atoms with Crippen LogP contribution in [0.1, 0.15) is 24.9 Å². The van der Waals surface area contributed by atoms with E-state index >= 15 is 0 Å². The summed E-state index contributed by atoms with van der Waals surface area (Å²) < 4.78 is 32.1. The van der Waals surface area contributed by atoms with Crippen molar-refractivity contribution in [1.82, 2.24) is 5.32 Å². The van der Waals surface area contributed by atoms with E-state index in [0.717, 1.165) is 16.1 Å². The molecule has 1 unspecified atom stereocenters. The third-order valence-electron chi connectivity index (χ3n) is 4.74. The molecule has 0 saturated heterocycles. The Balaban J connectivity index is 1.84. The van der Waals surface area contributed by atoms with Gasteiger partial charge in [0, 0.05) is 0 Å². The summed E-state index contributed by atoms with van der Waals surface area (Å²) in [6.07, 6.45) is 1.76. The molecule has 1 N–H and O–H groups in total. The van der Waals surface area contributed by atoms with Gasteiger partial charge in [-0.1, -0.05) is 67.6 Å². The molecule has 0 aliphatic rings. The highest BCUT2D eigenvalue weighted by atomic mass is 32.2. The van der Waals surface area contributed by atoms with Gasteiger partial charge in [-0.25, -0.2) is 8.42 Å². The highest BCUT2D eigenvalue weighted by molar-refractivity contribution is 7.92. The number of hydrogen-bond acceptors (Lipinski definition) is 4. The summed E-state index contributed by atoms with van der Waals surface area (Å²) >= 11 is 0. The fourth-order valence-corrected chi connectivity index (χ4v) is 4.08. The number of amides is 1. The summed E-state index contributed by atoms with van der Waals surface area (Å²) in [7, 11) is -3.74. The molecule has 3 rings (SSSR count). The summed E-state index contributed by atoms with van der Waals surface area (Å²) in [4.78, 5) is 12.8. The van der Waals surface area contributed by atoms with Gasteiger partial charge >= 0.3 is 0 Å². The molecule has 0 saturated carbocycles. The molecule has 0 heterocycles. The van der Waals surface area contributed by atoms with Crippen LogP contribution in [0.2, 0.25) is 0 Å². The van der Waals surface area contributed by atoms with Crippen LogP contribution in [0.5, 0.6) is 11.5 Å². The lowest BCUT2D eigenvalue weighted by Gasteiger charge is -2.25. The van der Waals surface area contributed by atoms with E-state index in [-0.39, 0.29) is 12.6 Å². The molecule has 0 aliphatic carbocycles. The number of carbonyl (C=O) groups is 1. The summed E-state index contributed by atoms with van der Waals surface area (Å²) in [6, 6.07) is 25.2. The van der Waals surface area contributed by atoms with Crippen molar-refractivity contribution in [1.29, 1.82) is 0 Å². The number of ether oxygens (including phenoxy) is 1. The first-order valence-electron chi connectivity index (χ1n) is 10.0. The van der Waals surface area contributed by atoms with Crippen molar-refractivity contribution in [2.24, 2.45) is 0 Å². The molecule has 31 heavy (non-hydrogen) atoms. The molecule has 3 aromatic carbocycles. The van der Waals surface area contributed by atoms with Crippen LogP contribution >= 0.6 is 0 Å². The molecule has 0 aromatic heterocycles. The first kappa shape index (κ1) is 22.4. The molecule has 162 valence electrons. The molecule has 3 aromatic rings. The van der Waals surface area contributed by atoms with E-state index in [9.17, 15) is 13.2 Å². The lowest BCUT2D eigenvalue weighted by molar-refractivity contribution is -0.120. The first-order valence-corrected chi connectivity index (χ1v) is 11.9. The monoisotopic (exact) mass is 438 g/mol. The Hall–Kier alpha value is -3.32. The first-order chi connectivity index (χ1) is 14.9. The predicted molar refractivity (Wildman–Crippen MR) is 123 cm³/mol. The average molecular weight is 439 g/mol. The topological polar surface area (TPSA) is 75.7 Å². The summed E-state index contributed by atoms with van der Waals surface area (Å²) in [6.45, 7) is 1.62. The molecular weight excluding hydrogens is 412 g/mol. The number of rotatable bonds is 9. The van der Waals surface area contributed by atoms with Crippen molar-refractivity contribution in [2.45, 2.75) is 19.4 Å². The Labute approximate surface area is 183 Å². The van der Waals surface area contributed by atoms with E-state index in [1.54, 1.807) is 36.4 Å². The third-order valence-corrected chi connectivity index (χ3v) is 5.86. The minimum Gasteiger partial charge on any atom is -0.455 e. The Morgan fingerprint density at radius 3 is 2.13 bits per heavy atom. The number of para-hydroxylation sites is 3. The van der Waals surface area contributed by atoms with E-state index in [1.807, 2.05) is 55.5 Å². The zero-order valence-electron chi connectivity index (χ0n) is 17.6. The normalized spacial score (nSPS) is 12.1. The van der Waals surface area contributed by atoms with Crippen LogP contribution in [0.4, 0.5) is 5.69 Å². The molecule has 0 bridgehead atoms. The van der Waals surface area contributed by atoms with Crippen LogP contribution in [0, 0.1) is 0 Å². The van der Waals surface area contributed by atoms with E-state index in [1.165, 1.54) is 0 Å². The van der Waals surface area contributed by atoms with Gasteiger partial charge in [0.2, 0.25) is 15.9 Å². The number of carbonyl (C=O) groups excluding carboxylic acids is 1. The molecule has 0 fully saturated rings. The quantitative estimate of drug-likeness (QED) is 0.533. The van der Waals surface area contributed by atoms with Gasteiger partial charge in [-0.15, -0.1) is 0 Å². The smallest absolute Gasteiger partial charge is 0.241 e. The Morgan fingerprint density at radius 1 is 0.935 bits per heavy atom. The number of nitrogens with one attached hydrogen (secondary N) is 1. The van der Waals surface area contributed by atoms with E-state index in [2.05, 4.69) is 5.32 Å². The van der Waals surface area contributed by atoms with E-state index in [0.29, 0.717) is 23.6 Å². The van der Waals surface area contributed by atoms with E-state index in [4.69, 9.17) is 4.74 Å². The van der Waals surface area contributed by atoms with E-state index < -0.39 is 15.9 Å². The minimum absolute atomic E-state index is 0.203. The maximum atomic E-state index is 12.8. The number of hydrogen-bond donors (Lipinski definition) is 1. The van der Waals surface area contributed by atoms with Crippen LogP contribution in [0.3, 0.4) is 0 Å². The standard InChI is InChI=1S/C24H26N2O4S/c1-3-21(19-12-6-4-7-13-19)25-24(27)18-26(31(2,28)29)22-16-10-11-17-23(22)30-20-14-8-5-9-15-20/h4-17,21H,3,18H2,1-2H3,(H,25,27). The number of sulfonamides is 1. The van der Waals surface area contributed by atoms with Crippen molar-refractivity contribution in [3.05, 3.63) is 90.5 Å². The van der Waals surface area contributed by atoms with Crippen molar-refractivity contribution < 1.29 is 17.9 Å². The zero-order chi connectivity index (χ0) is 22.3. The van der Waals surface area contributed by atoms with Crippen LogP contribution in [0.25, 0.3) is 0 Å². The lowest BCUT2D eigenvalue weighted by atomic mass is 10.0. The minimum atomic E-state index is -3.74. The van der Waals surface area contributed by atoms with Crippen molar-refractivity contribution in [2.75, 3.05) is 17.1 Å². The van der Waals surface area contributed by atoms with Gasteiger partial charge in [0.25, 0.3) is 0 Å². The molecule has 0 radical (unpaired) electrons. The Morgan fingerprint density at radius 2 is 1.52 bits per heavy atom. The van der Waals surface area contributed by atoms with Crippen LogP contribution in [0.15, 0.2) is 84.9 Å². The van der Waals surface area contributed by atoms with Gasteiger partial charge in [0.05, 0.1) is 18.0 Å². The SMILES string of the molecule is CCC(NC(=O)CN(c1ccccc1Oc1ccccc1)S(C)(=O)=O)c1ccccc1. The van der Waals surface area contributed by atoms with Gasteiger partial charge in [0.1, 0.15) is 12.3 Å². The maximum absolute atomic E-state index is 12.8. The second kappa shape index (κ2) is 10.1. The van der Waals surface area contributed by atoms with Crippen molar-refractivity contribution in [3.8, 4) is 11.5 Å². The van der Waals surface area contributed by atoms with Crippen LogP contribution < -0.4 is 14.4 Å². The second-order valence-electron chi connectivity index (χ2n) is 7.09. The fourth-order valence-electron chi connectivity index (χ4n) is 3.22. The highest BCUT2D eigenvalue weighted by Crippen LogP contribution is 2.33. The van der Waals surface area contributed by atoms with Gasteiger partial charge in [0.15, 0.2) is 5.75 Å². The summed E-state index contributed by atoms with van der Waals surface area (Å²) in [5.74, 6) is 0.528. The van der Waals surface area contributed by atoms with Gasteiger partial charge in [-0.2, -0.15) is 0 Å². The molecule has 7 heteroatoms. The maximum Gasteiger partial charge on any atom is 0.241 e. The fraction of sp³-hybridized carbons (Fsp3) is 0.208.